The number of aromatic nitrogens is 2. The summed E-state index contributed by atoms with van der Waals surface area (Å²) in [5, 5.41) is 15.7. The molecule has 4 N–H and O–H groups in total. The van der Waals surface area contributed by atoms with Gasteiger partial charge in [-0.1, -0.05) is 11.6 Å². The molecule has 0 bridgehead atoms. The van der Waals surface area contributed by atoms with Gasteiger partial charge in [-0.3, -0.25) is 5.10 Å². The van der Waals surface area contributed by atoms with E-state index in [0.29, 0.717) is 5.69 Å². The van der Waals surface area contributed by atoms with Crippen molar-refractivity contribution in [2.75, 3.05) is 12.8 Å². The predicted molar refractivity (Wildman–Crippen MR) is 61.6 cm³/mol. The highest BCUT2D eigenvalue weighted by Gasteiger charge is 2.20. The Hall–Kier alpha value is -1.95. The first-order valence-corrected chi connectivity index (χ1v) is 4.98. The van der Waals surface area contributed by atoms with E-state index in [1.54, 1.807) is 0 Å². The number of ether oxygens (including phenoxy) is 1. The molecule has 1 aromatic carbocycles. The van der Waals surface area contributed by atoms with Crippen LogP contribution in [0.4, 0.5) is 10.2 Å². The number of H-pyrrole nitrogens is 1. The Labute approximate surface area is 101 Å². The van der Waals surface area contributed by atoms with Crippen molar-refractivity contribution >= 4 is 17.4 Å². The molecule has 0 saturated heterocycles. The molecule has 0 aliphatic heterocycles. The molecule has 0 radical (unpaired) electrons. The number of nitrogens with one attached hydrogen (secondary N) is 1. The monoisotopic (exact) mass is 257 g/mol. The van der Waals surface area contributed by atoms with E-state index in [9.17, 15) is 9.50 Å². The van der Waals surface area contributed by atoms with E-state index in [-0.39, 0.29) is 27.9 Å². The fraction of sp³-hybridized carbons (Fsp3) is 0.100. The Morgan fingerprint density at radius 2 is 2.24 bits per heavy atom. The number of aromatic amines is 1. The molecule has 17 heavy (non-hydrogen) atoms. The fourth-order valence-electron chi connectivity index (χ4n) is 1.51. The van der Waals surface area contributed by atoms with E-state index >= 15 is 0 Å². The topological polar surface area (TPSA) is 84.2 Å². The van der Waals surface area contributed by atoms with Gasteiger partial charge in [-0.05, 0) is 0 Å². The van der Waals surface area contributed by atoms with Gasteiger partial charge in [-0.25, -0.2) is 4.39 Å². The molecule has 0 aliphatic rings. The number of halogens is 2. The fourth-order valence-corrected chi connectivity index (χ4v) is 1.75. The molecule has 1 heterocycles. The van der Waals surface area contributed by atoms with E-state index in [0.717, 1.165) is 6.07 Å². The van der Waals surface area contributed by atoms with Gasteiger partial charge in [0.25, 0.3) is 0 Å². The summed E-state index contributed by atoms with van der Waals surface area (Å²) in [5.41, 5.74) is 5.99. The summed E-state index contributed by atoms with van der Waals surface area (Å²) < 4.78 is 18.4. The molecule has 0 fully saturated rings. The summed E-state index contributed by atoms with van der Waals surface area (Å²) >= 11 is 5.84. The van der Waals surface area contributed by atoms with Crippen molar-refractivity contribution in [3.05, 3.63) is 23.0 Å². The predicted octanol–water partition coefficient (Wildman–Crippen LogP) is 2.17. The Morgan fingerprint density at radius 3 is 2.76 bits per heavy atom. The minimum atomic E-state index is -0.756. The van der Waals surface area contributed by atoms with Crippen LogP contribution >= 0.6 is 11.6 Å². The Morgan fingerprint density at radius 1 is 1.53 bits per heavy atom. The average Bonchev–Trinajstić information content (AvgIpc) is 2.69. The van der Waals surface area contributed by atoms with Gasteiger partial charge in [-0.2, -0.15) is 5.10 Å². The molecule has 0 atom stereocenters. The lowest BCUT2D eigenvalue weighted by atomic mass is 10.1. The number of methoxy groups -OCH3 is 1. The number of nitrogens with two attached hydrogens (primary N) is 1. The van der Waals surface area contributed by atoms with Crippen LogP contribution in [0.15, 0.2) is 12.1 Å². The van der Waals surface area contributed by atoms with Gasteiger partial charge < -0.3 is 15.6 Å². The SMILES string of the molecule is COc1c(O)cc(F)c(Cl)c1-c1cc(N)n[nH]1. The Kier molecular flexibility index (Phi) is 2.81. The number of nitrogen functional groups attached to an aromatic ring is 1. The number of rotatable bonds is 2. The molecular weight excluding hydrogens is 249 g/mol. The third-order valence-corrected chi connectivity index (χ3v) is 2.59. The molecule has 2 aromatic rings. The second kappa shape index (κ2) is 4.14. The normalized spacial score (nSPS) is 10.5. The van der Waals surface area contributed by atoms with Crippen LogP contribution in [0.5, 0.6) is 11.5 Å². The zero-order chi connectivity index (χ0) is 12.6. The molecule has 0 spiro atoms. The van der Waals surface area contributed by atoms with Crippen molar-refractivity contribution in [1.29, 1.82) is 0 Å². The van der Waals surface area contributed by atoms with Gasteiger partial charge in [-0.15, -0.1) is 0 Å². The molecular formula is C10H9ClFN3O2. The first-order valence-electron chi connectivity index (χ1n) is 4.60. The lowest BCUT2D eigenvalue weighted by Crippen LogP contribution is -1.93. The van der Waals surface area contributed by atoms with Crippen LogP contribution in [-0.2, 0) is 0 Å². The molecule has 0 aliphatic carbocycles. The van der Waals surface area contributed by atoms with E-state index < -0.39 is 5.82 Å². The minimum Gasteiger partial charge on any atom is -0.504 e. The van der Waals surface area contributed by atoms with Crippen LogP contribution in [0.1, 0.15) is 0 Å². The lowest BCUT2D eigenvalue weighted by Gasteiger charge is -2.11. The highest BCUT2D eigenvalue weighted by Crippen LogP contribution is 2.43. The minimum absolute atomic E-state index is 0.0556. The van der Waals surface area contributed by atoms with Crippen molar-refractivity contribution in [1.82, 2.24) is 10.2 Å². The van der Waals surface area contributed by atoms with Gasteiger partial charge in [0.05, 0.1) is 23.4 Å². The number of benzene rings is 1. The summed E-state index contributed by atoms with van der Waals surface area (Å²) in [7, 11) is 1.34. The van der Waals surface area contributed by atoms with Crippen LogP contribution in [0.3, 0.4) is 0 Å². The quantitative estimate of drug-likeness (QED) is 0.770. The standard InChI is InChI=1S/C10H9ClFN3O2/c1-17-10-6(16)2-4(12)9(11)8(10)5-3-7(13)15-14-5/h2-3,16H,1H3,(H3,13,14,15). The van der Waals surface area contributed by atoms with Crippen LogP contribution in [0, 0.1) is 5.82 Å². The number of anilines is 1. The Bertz CT molecular complexity index is 571. The number of aromatic hydroxyl groups is 1. The lowest BCUT2D eigenvalue weighted by molar-refractivity contribution is 0.372. The second-order valence-corrected chi connectivity index (χ2v) is 3.68. The molecule has 0 unspecified atom stereocenters. The Balaban J connectivity index is 2.74. The van der Waals surface area contributed by atoms with Crippen molar-refractivity contribution < 1.29 is 14.2 Å². The third-order valence-electron chi connectivity index (χ3n) is 2.22. The summed E-state index contributed by atoms with van der Waals surface area (Å²) in [6.07, 6.45) is 0. The number of hydrogen-bond acceptors (Lipinski definition) is 4. The smallest absolute Gasteiger partial charge is 0.171 e. The van der Waals surface area contributed by atoms with Gasteiger partial charge >= 0.3 is 0 Å². The first-order chi connectivity index (χ1) is 8.04. The molecule has 1 aromatic heterocycles. The van der Waals surface area contributed by atoms with Crippen molar-refractivity contribution in [2.24, 2.45) is 0 Å². The largest absolute Gasteiger partial charge is 0.504 e. The number of phenols is 1. The van der Waals surface area contributed by atoms with Crippen molar-refractivity contribution in [3.63, 3.8) is 0 Å². The van der Waals surface area contributed by atoms with E-state index in [1.807, 2.05) is 0 Å². The van der Waals surface area contributed by atoms with Gasteiger partial charge in [0, 0.05) is 12.1 Å². The maximum Gasteiger partial charge on any atom is 0.171 e. The maximum absolute atomic E-state index is 13.4. The van der Waals surface area contributed by atoms with Crippen LogP contribution < -0.4 is 10.5 Å². The molecule has 5 nitrogen and oxygen atoms in total. The highest BCUT2D eigenvalue weighted by atomic mass is 35.5. The summed E-state index contributed by atoms with van der Waals surface area (Å²) in [6.45, 7) is 0. The zero-order valence-electron chi connectivity index (χ0n) is 8.79. The van der Waals surface area contributed by atoms with Gasteiger partial charge in [0.15, 0.2) is 11.5 Å². The number of nitrogens with zero attached hydrogens (tertiary/aromatic N) is 1. The summed E-state index contributed by atoms with van der Waals surface area (Å²) in [6, 6.07) is 2.34. The third kappa shape index (κ3) is 1.87. The average molecular weight is 258 g/mol. The second-order valence-electron chi connectivity index (χ2n) is 3.31. The van der Waals surface area contributed by atoms with Crippen molar-refractivity contribution in [3.8, 4) is 22.8 Å². The first kappa shape index (κ1) is 11.5. The van der Waals surface area contributed by atoms with Crippen molar-refractivity contribution in [2.45, 2.75) is 0 Å². The molecule has 90 valence electrons. The molecule has 7 heteroatoms. The van der Waals surface area contributed by atoms with Gasteiger partial charge in [0.2, 0.25) is 0 Å². The molecule has 0 amide bonds. The van der Waals surface area contributed by atoms with Crippen LogP contribution in [0.2, 0.25) is 5.02 Å². The highest BCUT2D eigenvalue weighted by molar-refractivity contribution is 6.34. The number of phenolic OH excluding ortho intramolecular Hbond substituents is 1. The van der Waals surface area contributed by atoms with E-state index in [2.05, 4.69) is 10.2 Å². The van der Waals surface area contributed by atoms with E-state index in [4.69, 9.17) is 22.1 Å². The van der Waals surface area contributed by atoms with E-state index in [1.165, 1.54) is 13.2 Å². The number of hydrogen-bond donors (Lipinski definition) is 3. The molecule has 2 rings (SSSR count). The summed E-state index contributed by atoms with van der Waals surface area (Å²) in [4.78, 5) is 0. The van der Waals surface area contributed by atoms with Gasteiger partial charge in [0.1, 0.15) is 11.6 Å². The maximum atomic E-state index is 13.4. The molecule has 0 saturated carbocycles. The summed E-state index contributed by atoms with van der Waals surface area (Å²) in [5.74, 6) is -0.826. The van der Waals surface area contributed by atoms with Crippen LogP contribution in [0.25, 0.3) is 11.3 Å². The zero-order valence-corrected chi connectivity index (χ0v) is 9.55. The van der Waals surface area contributed by atoms with Crippen LogP contribution in [-0.4, -0.2) is 22.4 Å².